The number of nitrogens with zero attached hydrogens (tertiary/aromatic N) is 3. The van der Waals surface area contributed by atoms with Gasteiger partial charge in [-0.1, -0.05) is 61.1 Å². The first-order chi connectivity index (χ1) is 14.3. The van der Waals surface area contributed by atoms with Gasteiger partial charge in [0.25, 0.3) is 0 Å². The molecule has 0 bridgehead atoms. The molecule has 30 heavy (non-hydrogen) atoms. The van der Waals surface area contributed by atoms with Crippen LogP contribution >= 0.6 is 22.9 Å². The number of aromatic nitrogens is 1. The van der Waals surface area contributed by atoms with Crippen LogP contribution in [0.25, 0.3) is 10.2 Å². The quantitative estimate of drug-likeness (QED) is 0.442. The molecule has 0 unspecified atom stereocenters. The van der Waals surface area contributed by atoms with Gasteiger partial charge < -0.3 is 4.90 Å². The summed E-state index contributed by atoms with van der Waals surface area (Å²) in [5.74, 6) is 0.0678. The molecule has 0 saturated heterocycles. The van der Waals surface area contributed by atoms with Crippen molar-refractivity contribution >= 4 is 44.2 Å². The standard InChI is InChI=1S/C24H30ClN3OS/c1-6-27(7-2)12-13-28(21(29)15-19-10-8-16(3)18(5)14-19)24-26-22-17(4)9-11-20(25)23(22)30-24/h8-11,14H,6-7,12-13,15H2,1-5H3. The van der Waals surface area contributed by atoms with E-state index >= 15 is 0 Å². The molecule has 0 aliphatic carbocycles. The number of rotatable bonds is 8. The Bertz CT molecular complexity index is 1000. The summed E-state index contributed by atoms with van der Waals surface area (Å²) < 4.78 is 0.943. The Kier molecular flexibility index (Phi) is 7.50. The van der Waals surface area contributed by atoms with Crippen LogP contribution in [0.2, 0.25) is 5.02 Å². The fraction of sp³-hybridized carbons (Fsp3) is 0.417. The molecular weight excluding hydrogens is 414 g/mol. The van der Waals surface area contributed by atoms with E-state index in [-0.39, 0.29) is 5.91 Å². The summed E-state index contributed by atoms with van der Waals surface area (Å²) in [6, 6.07) is 10.1. The SMILES string of the molecule is CCN(CC)CCN(C(=O)Cc1ccc(C)c(C)c1)c1nc2c(C)ccc(Cl)c2s1. The topological polar surface area (TPSA) is 36.4 Å². The molecule has 0 spiro atoms. The van der Waals surface area contributed by atoms with Crippen molar-refractivity contribution in [1.29, 1.82) is 0 Å². The second-order valence-electron chi connectivity index (χ2n) is 7.71. The molecule has 1 amide bonds. The van der Waals surface area contributed by atoms with Gasteiger partial charge in [0.15, 0.2) is 5.13 Å². The van der Waals surface area contributed by atoms with Gasteiger partial charge in [0.2, 0.25) is 5.91 Å². The molecule has 1 aromatic heterocycles. The lowest BCUT2D eigenvalue weighted by molar-refractivity contribution is -0.118. The van der Waals surface area contributed by atoms with Gasteiger partial charge in [0, 0.05) is 13.1 Å². The van der Waals surface area contributed by atoms with Crippen molar-refractivity contribution in [1.82, 2.24) is 9.88 Å². The summed E-state index contributed by atoms with van der Waals surface area (Å²) in [6.45, 7) is 13.8. The summed E-state index contributed by atoms with van der Waals surface area (Å²) in [5, 5.41) is 1.41. The Morgan fingerprint density at radius 2 is 1.70 bits per heavy atom. The number of halogens is 1. The lowest BCUT2D eigenvalue weighted by Gasteiger charge is -2.25. The average Bonchev–Trinajstić information content (AvgIpc) is 3.17. The highest BCUT2D eigenvalue weighted by atomic mass is 35.5. The number of likely N-dealkylation sites (N-methyl/N-ethyl adjacent to an activating group) is 1. The van der Waals surface area contributed by atoms with Crippen LogP contribution in [-0.2, 0) is 11.2 Å². The molecule has 0 fully saturated rings. The summed E-state index contributed by atoms with van der Waals surface area (Å²) in [5.41, 5.74) is 5.43. The molecule has 4 nitrogen and oxygen atoms in total. The number of amides is 1. The second-order valence-corrected chi connectivity index (χ2v) is 9.09. The molecule has 3 rings (SSSR count). The molecule has 1 heterocycles. The smallest absolute Gasteiger partial charge is 0.233 e. The monoisotopic (exact) mass is 443 g/mol. The fourth-order valence-corrected chi connectivity index (χ4v) is 4.86. The van der Waals surface area contributed by atoms with E-state index in [9.17, 15) is 4.79 Å². The predicted molar refractivity (Wildman–Crippen MR) is 129 cm³/mol. The van der Waals surface area contributed by atoms with E-state index in [0.29, 0.717) is 18.0 Å². The normalized spacial score (nSPS) is 11.4. The van der Waals surface area contributed by atoms with Gasteiger partial charge in [-0.2, -0.15) is 0 Å². The van der Waals surface area contributed by atoms with Crippen LogP contribution in [-0.4, -0.2) is 42.0 Å². The first-order valence-corrected chi connectivity index (χ1v) is 11.7. The van der Waals surface area contributed by atoms with Crippen LogP contribution in [0.15, 0.2) is 30.3 Å². The zero-order valence-corrected chi connectivity index (χ0v) is 20.0. The van der Waals surface area contributed by atoms with Crippen molar-refractivity contribution < 1.29 is 4.79 Å². The maximum Gasteiger partial charge on any atom is 0.233 e. The molecule has 0 radical (unpaired) electrons. The summed E-state index contributed by atoms with van der Waals surface area (Å²) in [7, 11) is 0. The van der Waals surface area contributed by atoms with E-state index < -0.39 is 0 Å². The molecule has 0 atom stereocenters. The highest BCUT2D eigenvalue weighted by Crippen LogP contribution is 2.35. The Balaban J connectivity index is 1.93. The van der Waals surface area contributed by atoms with E-state index in [2.05, 4.69) is 44.7 Å². The van der Waals surface area contributed by atoms with Crippen molar-refractivity contribution in [2.45, 2.75) is 41.0 Å². The van der Waals surface area contributed by atoms with Crippen molar-refractivity contribution in [3.05, 3.63) is 57.6 Å². The van der Waals surface area contributed by atoms with Gasteiger partial charge in [0.05, 0.1) is 21.7 Å². The van der Waals surface area contributed by atoms with Crippen LogP contribution in [0.3, 0.4) is 0 Å². The van der Waals surface area contributed by atoms with Crippen molar-refractivity contribution in [3.8, 4) is 0 Å². The number of thiazole rings is 1. The number of hydrogen-bond donors (Lipinski definition) is 0. The van der Waals surface area contributed by atoms with E-state index in [1.807, 2.05) is 30.0 Å². The van der Waals surface area contributed by atoms with Gasteiger partial charge in [-0.05, 0) is 62.2 Å². The van der Waals surface area contributed by atoms with Gasteiger partial charge in [-0.3, -0.25) is 9.69 Å². The van der Waals surface area contributed by atoms with Crippen LogP contribution in [0.4, 0.5) is 5.13 Å². The van der Waals surface area contributed by atoms with E-state index in [0.717, 1.165) is 46.1 Å². The molecular formula is C24H30ClN3OS. The van der Waals surface area contributed by atoms with Gasteiger partial charge in [-0.15, -0.1) is 0 Å². The Hall–Kier alpha value is -1.95. The number of aryl methyl sites for hydroxylation is 3. The summed E-state index contributed by atoms with van der Waals surface area (Å²) >= 11 is 7.92. The minimum atomic E-state index is 0.0678. The summed E-state index contributed by atoms with van der Waals surface area (Å²) in [4.78, 5) is 22.4. The van der Waals surface area contributed by atoms with Gasteiger partial charge in [0.1, 0.15) is 0 Å². The number of carbonyl (C=O) groups is 1. The van der Waals surface area contributed by atoms with Crippen LogP contribution in [0.1, 0.15) is 36.1 Å². The van der Waals surface area contributed by atoms with Crippen molar-refractivity contribution in [2.24, 2.45) is 0 Å². The molecule has 3 aromatic rings. The van der Waals surface area contributed by atoms with Crippen molar-refractivity contribution in [3.63, 3.8) is 0 Å². The highest BCUT2D eigenvalue weighted by Gasteiger charge is 2.22. The average molecular weight is 444 g/mol. The third-order valence-electron chi connectivity index (χ3n) is 5.68. The molecule has 0 aliphatic heterocycles. The lowest BCUT2D eigenvalue weighted by Crippen LogP contribution is -2.39. The maximum absolute atomic E-state index is 13.4. The van der Waals surface area contributed by atoms with Crippen LogP contribution in [0, 0.1) is 20.8 Å². The Morgan fingerprint density at radius 1 is 1.00 bits per heavy atom. The number of fused-ring (bicyclic) bond motifs is 1. The molecule has 0 aliphatic rings. The molecule has 0 saturated carbocycles. The number of carbonyl (C=O) groups excluding carboxylic acids is 1. The van der Waals surface area contributed by atoms with E-state index in [1.165, 1.54) is 22.5 Å². The third kappa shape index (κ3) is 5.02. The fourth-order valence-electron chi connectivity index (χ4n) is 3.50. The number of anilines is 1. The van der Waals surface area contributed by atoms with E-state index in [4.69, 9.17) is 16.6 Å². The van der Waals surface area contributed by atoms with Crippen LogP contribution < -0.4 is 4.90 Å². The largest absolute Gasteiger partial charge is 0.302 e. The highest BCUT2D eigenvalue weighted by molar-refractivity contribution is 7.23. The Morgan fingerprint density at radius 3 is 2.33 bits per heavy atom. The minimum Gasteiger partial charge on any atom is -0.302 e. The van der Waals surface area contributed by atoms with Crippen molar-refractivity contribution in [2.75, 3.05) is 31.1 Å². The molecule has 6 heteroatoms. The van der Waals surface area contributed by atoms with Gasteiger partial charge in [-0.25, -0.2) is 4.98 Å². The Labute approximate surface area is 188 Å². The second kappa shape index (κ2) is 9.90. The number of benzene rings is 2. The minimum absolute atomic E-state index is 0.0678. The van der Waals surface area contributed by atoms with E-state index in [1.54, 1.807) is 0 Å². The zero-order valence-electron chi connectivity index (χ0n) is 18.5. The molecule has 160 valence electrons. The molecule has 0 N–H and O–H groups in total. The van der Waals surface area contributed by atoms with Gasteiger partial charge >= 0.3 is 0 Å². The zero-order chi connectivity index (χ0) is 21.8. The van der Waals surface area contributed by atoms with Crippen LogP contribution in [0.5, 0.6) is 0 Å². The maximum atomic E-state index is 13.4. The number of hydrogen-bond acceptors (Lipinski definition) is 4. The third-order valence-corrected chi connectivity index (χ3v) is 7.22. The predicted octanol–water partition coefficient (Wildman–Crippen LogP) is 5.79. The first kappa shape index (κ1) is 22.7. The first-order valence-electron chi connectivity index (χ1n) is 10.5. The molecule has 2 aromatic carbocycles. The lowest BCUT2D eigenvalue weighted by atomic mass is 10.0. The summed E-state index contributed by atoms with van der Waals surface area (Å²) in [6.07, 6.45) is 0.363.